The molecule has 0 aromatic heterocycles. The van der Waals surface area contributed by atoms with Crippen molar-refractivity contribution in [2.75, 3.05) is 13.2 Å². The summed E-state index contributed by atoms with van der Waals surface area (Å²) in [5, 5.41) is 15.7. The highest BCUT2D eigenvalue weighted by Gasteiger charge is 2.28. The molecule has 188 valence electrons. The van der Waals surface area contributed by atoms with E-state index in [0.717, 1.165) is 16.7 Å². The maximum Gasteiger partial charge on any atom is 0.243 e. The van der Waals surface area contributed by atoms with E-state index < -0.39 is 23.9 Å². The third kappa shape index (κ3) is 7.68. The topological polar surface area (TPSA) is 143 Å². The fourth-order valence-electron chi connectivity index (χ4n) is 4.01. The van der Waals surface area contributed by atoms with Crippen LogP contribution in [0, 0.1) is 0 Å². The van der Waals surface area contributed by atoms with Crippen LogP contribution in [-0.2, 0) is 9.59 Å². The van der Waals surface area contributed by atoms with Gasteiger partial charge >= 0.3 is 0 Å². The van der Waals surface area contributed by atoms with Crippen molar-refractivity contribution >= 4 is 17.8 Å². The monoisotopic (exact) mass is 487 g/mol. The SMILES string of the molecule is NC(N)=NCCC[C@@H](NC(=O)C(c1ccccc1)c1ccccc1)C(=O)NC(CO)c1ccccc1. The molecule has 0 saturated heterocycles. The summed E-state index contributed by atoms with van der Waals surface area (Å²) in [6.07, 6.45) is 0.796. The minimum Gasteiger partial charge on any atom is -0.394 e. The van der Waals surface area contributed by atoms with Gasteiger partial charge in [0.2, 0.25) is 11.8 Å². The van der Waals surface area contributed by atoms with Crippen LogP contribution in [-0.4, -0.2) is 42.1 Å². The Morgan fingerprint density at radius 2 is 1.25 bits per heavy atom. The van der Waals surface area contributed by atoms with Gasteiger partial charge < -0.3 is 27.2 Å². The number of carbonyl (C=O) groups is 2. The van der Waals surface area contributed by atoms with Crippen LogP contribution in [0.4, 0.5) is 0 Å². The van der Waals surface area contributed by atoms with E-state index in [1.165, 1.54) is 0 Å². The fraction of sp³-hybridized carbons (Fsp3) is 0.250. The number of aliphatic hydroxyl groups excluding tert-OH is 1. The lowest BCUT2D eigenvalue weighted by atomic mass is 9.90. The number of hydrogen-bond acceptors (Lipinski definition) is 4. The molecule has 0 radical (unpaired) electrons. The van der Waals surface area contributed by atoms with Crippen molar-refractivity contribution in [2.45, 2.75) is 30.8 Å². The summed E-state index contributed by atoms with van der Waals surface area (Å²) in [5.74, 6) is -1.31. The molecule has 0 spiro atoms. The summed E-state index contributed by atoms with van der Waals surface area (Å²) >= 11 is 0. The second-order valence-corrected chi connectivity index (χ2v) is 8.42. The maximum atomic E-state index is 13.6. The van der Waals surface area contributed by atoms with Crippen molar-refractivity contribution in [3.05, 3.63) is 108 Å². The van der Waals surface area contributed by atoms with E-state index in [4.69, 9.17) is 11.5 Å². The van der Waals surface area contributed by atoms with E-state index in [0.29, 0.717) is 19.4 Å². The van der Waals surface area contributed by atoms with Gasteiger partial charge in [0.25, 0.3) is 0 Å². The number of nitrogens with one attached hydrogen (secondary N) is 2. The largest absolute Gasteiger partial charge is 0.394 e. The van der Waals surface area contributed by atoms with Crippen molar-refractivity contribution in [3.63, 3.8) is 0 Å². The number of guanidine groups is 1. The van der Waals surface area contributed by atoms with Gasteiger partial charge in [0.05, 0.1) is 18.6 Å². The first-order valence-corrected chi connectivity index (χ1v) is 11.9. The molecule has 0 aliphatic heterocycles. The molecule has 2 atom stereocenters. The third-order valence-electron chi connectivity index (χ3n) is 5.81. The number of nitrogens with two attached hydrogens (primary N) is 2. The summed E-state index contributed by atoms with van der Waals surface area (Å²) in [4.78, 5) is 30.9. The molecule has 0 fully saturated rings. The maximum absolute atomic E-state index is 13.6. The molecule has 8 nitrogen and oxygen atoms in total. The average Bonchev–Trinajstić information content (AvgIpc) is 2.90. The zero-order valence-corrected chi connectivity index (χ0v) is 20.1. The number of rotatable bonds is 12. The van der Waals surface area contributed by atoms with Crippen LogP contribution in [0.25, 0.3) is 0 Å². The van der Waals surface area contributed by atoms with E-state index in [1.54, 1.807) is 0 Å². The molecule has 0 saturated carbocycles. The van der Waals surface area contributed by atoms with Gasteiger partial charge in [-0.15, -0.1) is 0 Å². The van der Waals surface area contributed by atoms with Gasteiger partial charge in [-0.05, 0) is 29.5 Å². The molecule has 2 amide bonds. The molecule has 8 heteroatoms. The van der Waals surface area contributed by atoms with E-state index in [9.17, 15) is 14.7 Å². The highest BCUT2D eigenvalue weighted by Crippen LogP contribution is 2.25. The summed E-state index contributed by atoms with van der Waals surface area (Å²) in [6, 6.07) is 26.6. The van der Waals surface area contributed by atoms with Gasteiger partial charge in [0.15, 0.2) is 5.96 Å². The number of aliphatic imine (C=N–C) groups is 1. The standard InChI is InChI=1S/C28H33N5O3/c29-28(30)31-18-10-17-23(26(35)33-24(19-34)20-11-4-1-5-12-20)32-27(36)25(21-13-6-2-7-14-21)22-15-8-3-9-16-22/h1-9,11-16,23-25,34H,10,17-19H2,(H,32,36)(H,33,35)(H4,29,30,31)/t23-,24?/m1/s1. The predicted octanol–water partition coefficient (Wildman–Crippen LogP) is 2.21. The Morgan fingerprint density at radius 1 is 0.750 bits per heavy atom. The Balaban J connectivity index is 1.82. The van der Waals surface area contributed by atoms with Crippen molar-refractivity contribution in [2.24, 2.45) is 16.5 Å². The van der Waals surface area contributed by atoms with Gasteiger partial charge in [-0.25, -0.2) is 0 Å². The van der Waals surface area contributed by atoms with Crippen LogP contribution in [0.2, 0.25) is 0 Å². The van der Waals surface area contributed by atoms with Crippen molar-refractivity contribution in [3.8, 4) is 0 Å². The molecule has 7 N–H and O–H groups in total. The molecule has 3 aromatic rings. The molecule has 0 heterocycles. The lowest BCUT2D eigenvalue weighted by Gasteiger charge is -2.25. The van der Waals surface area contributed by atoms with Crippen LogP contribution < -0.4 is 22.1 Å². The molecule has 1 unspecified atom stereocenters. The van der Waals surface area contributed by atoms with Gasteiger partial charge in [0, 0.05) is 6.54 Å². The normalized spacial score (nSPS) is 12.4. The minimum absolute atomic E-state index is 0.0299. The highest BCUT2D eigenvalue weighted by molar-refractivity contribution is 5.92. The first-order chi connectivity index (χ1) is 17.5. The number of aliphatic hydroxyl groups is 1. The van der Waals surface area contributed by atoms with Crippen molar-refractivity contribution in [1.29, 1.82) is 0 Å². The van der Waals surface area contributed by atoms with Gasteiger partial charge in [-0.2, -0.15) is 0 Å². The molecule has 0 bridgehead atoms. The van der Waals surface area contributed by atoms with Crippen LogP contribution in [0.1, 0.15) is 41.5 Å². The lowest BCUT2D eigenvalue weighted by Crippen LogP contribution is -2.49. The molecule has 0 aliphatic rings. The second kappa shape index (κ2) is 13.7. The first kappa shape index (κ1) is 26.4. The summed E-state index contributed by atoms with van der Waals surface area (Å²) in [6.45, 7) is 0.0476. The summed E-state index contributed by atoms with van der Waals surface area (Å²) < 4.78 is 0. The molecule has 0 aliphatic carbocycles. The van der Waals surface area contributed by atoms with Crippen LogP contribution in [0.15, 0.2) is 96.0 Å². The zero-order chi connectivity index (χ0) is 25.8. The Kier molecular flexibility index (Phi) is 10.0. The Labute approximate surface area is 211 Å². The van der Waals surface area contributed by atoms with Crippen LogP contribution in [0.3, 0.4) is 0 Å². The number of benzene rings is 3. The quantitative estimate of drug-likeness (QED) is 0.151. The van der Waals surface area contributed by atoms with Crippen molar-refractivity contribution < 1.29 is 14.7 Å². The molecule has 3 aromatic carbocycles. The average molecular weight is 488 g/mol. The number of amides is 2. The fourth-order valence-corrected chi connectivity index (χ4v) is 4.01. The number of nitrogens with zero attached hydrogens (tertiary/aromatic N) is 1. The van der Waals surface area contributed by atoms with E-state index in [1.807, 2.05) is 91.0 Å². The number of hydrogen-bond donors (Lipinski definition) is 5. The summed E-state index contributed by atoms with van der Waals surface area (Å²) in [7, 11) is 0. The van der Waals surface area contributed by atoms with Crippen LogP contribution in [0.5, 0.6) is 0 Å². The minimum atomic E-state index is -0.848. The molecular weight excluding hydrogens is 454 g/mol. The predicted molar refractivity (Wildman–Crippen MR) is 141 cm³/mol. The van der Waals surface area contributed by atoms with E-state index >= 15 is 0 Å². The van der Waals surface area contributed by atoms with Crippen LogP contribution >= 0.6 is 0 Å². The van der Waals surface area contributed by atoms with Gasteiger partial charge in [0.1, 0.15) is 6.04 Å². The van der Waals surface area contributed by atoms with Gasteiger partial charge in [-0.3, -0.25) is 14.6 Å². The van der Waals surface area contributed by atoms with E-state index in [-0.39, 0.29) is 18.5 Å². The number of carbonyl (C=O) groups excluding carboxylic acids is 2. The second-order valence-electron chi connectivity index (χ2n) is 8.42. The van der Waals surface area contributed by atoms with Gasteiger partial charge in [-0.1, -0.05) is 91.0 Å². The van der Waals surface area contributed by atoms with E-state index in [2.05, 4.69) is 15.6 Å². The zero-order valence-electron chi connectivity index (χ0n) is 20.1. The Morgan fingerprint density at radius 3 is 1.72 bits per heavy atom. The lowest BCUT2D eigenvalue weighted by molar-refractivity contribution is -0.130. The molecule has 36 heavy (non-hydrogen) atoms. The highest BCUT2D eigenvalue weighted by atomic mass is 16.3. The van der Waals surface area contributed by atoms with Crippen molar-refractivity contribution in [1.82, 2.24) is 10.6 Å². The molecule has 3 rings (SSSR count). The molecular formula is C28H33N5O3. The Bertz CT molecular complexity index is 1080. The first-order valence-electron chi connectivity index (χ1n) is 11.9. The third-order valence-corrected chi connectivity index (χ3v) is 5.81. The smallest absolute Gasteiger partial charge is 0.243 e. The summed E-state index contributed by atoms with van der Waals surface area (Å²) in [5.41, 5.74) is 13.2. The Hall–Kier alpha value is -4.17.